The largest absolute Gasteiger partial charge is 0.289 e. The van der Waals surface area contributed by atoms with Crippen molar-refractivity contribution in [3.8, 4) is 56.3 Å². The van der Waals surface area contributed by atoms with Gasteiger partial charge in [-0.3, -0.25) is 5.11 Å². The second kappa shape index (κ2) is 8.86. The van der Waals surface area contributed by atoms with E-state index in [-0.39, 0.29) is 5.75 Å². The van der Waals surface area contributed by atoms with Crippen LogP contribution >= 0.6 is 0 Å². The molecular weight excluding hydrogens is 402 g/mol. The summed E-state index contributed by atoms with van der Waals surface area (Å²) < 4.78 is 0. The van der Waals surface area contributed by atoms with Crippen LogP contribution in [0.5, 0.6) is 5.75 Å². The van der Waals surface area contributed by atoms with Crippen molar-refractivity contribution >= 4 is 0 Å². The van der Waals surface area contributed by atoms with Crippen molar-refractivity contribution in [2.24, 2.45) is 0 Å². The van der Waals surface area contributed by atoms with Crippen molar-refractivity contribution in [1.29, 1.82) is 5.26 Å². The molecule has 0 bridgehead atoms. The summed E-state index contributed by atoms with van der Waals surface area (Å²) >= 11 is 0. The Balaban J connectivity index is 2.01. The minimum absolute atomic E-state index is 0.0795. The first-order valence-electron chi connectivity index (χ1n) is 10.8. The molecule has 2 nitrogen and oxygen atoms in total. The van der Waals surface area contributed by atoms with Crippen LogP contribution < -0.4 is 0 Å². The molecule has 0 heterocycles. The second-order valence-electron chi connectivity index (χ2n) is 7.78. The molecule has 0 saturated heterocycles. The third-order valence-corrected chi connectivity index (χ3v) is 5.82. The predicted molar refractivity (Wildman–Crippen MR) is 133 cm³/mol. The van der Waals surface area contributed by atoms with E-state index in [0.29, 0.717) is 27.8 Å². The first-order valence-corrected chi connectivity index (χ1v) is 10.8. The fourth-order valence-electron chi connectivity index (χ4n) is 4.39. The van der Waals surface area contributed by atoms with E-state index < -0.39 is 0 Å². The SMILES string of the molecule is N#Cc1c(-c2ccccc2)c(-c2ccccc2)c([O])c(-c2ccccc2)c1-c1ccccc1. The molecular formula is C31H20NO. The van der Waals surface area contributed by atoms with Gasteiger partial charge in [-0.15, -0.1) is 0 Å². The molecule has 0 aliphatic heterocycles. The van der Waals surface area contributed by atoms with E-state index in [1.54, 1.807) is 0 Å². The predicted octanol–water partition coefficient (Wildman–Crippen LogP) is 8.37. The Hall–Kier alpha value is -4.61. The van der Waals surface area contributed by atoms with E-state index >= 15 is 0 Å². The fraction of sp³-hybridized carbons (Fsp3) is 0. The molecule has 2 heteroatoms. The van der Waals surface area contributed by atoms with Crippen LogP contribution in [0.15, 0.2) is 121 Å². The maximum absolute atomic E-state index is 14.3. The number of nitrogens with zero attached hydrogens (tertiary/aromatic N) is 1. The number of hydrogen-bond donors (Lipinski definition) is 0. The summed E-state index contributed by atoms with van der Waals surface area (Å²) in [5.41, 5.74) is 6.26. The lowest BCUT2D eigenvalue weighted by Gasteiger charge is -2.21. The number of hydrogen-bond acceptors (Lipinski definition) is 1. The van der Waals surface area contributed by atoms with E-state index in [0.717, 1.165) is 22.3 Å². The molecule has 0 spiro atoms. The van der Waals surface area contributed by atoms with Gasteiger partial charge in [-0.25, -0.2) is 0 Å². The minimum atomic E-state index is -0.0795. The van der Waals surface area contributed by atoms with Crippen molar-refractivity contribution < 1.29 is 5.11 Å². The minimum Gasteiger partial charge on any atom is -0.289 e. The number of rotatable bonds is 4. The Bertz CT molecular complexity index is 1330. The zero-order valence-electron chi connectivity index (χ0n) is 17.9. The summed E-state index contributed by atoms with van der Waals surface area (Å²) in [5, 5.41) is 24.8. The van der Waals surface area contributed by atoms with Gasteiger partial charge < -0.3 is 0 Å². The van der Waals surface area contributed by atoms with Crippen LogP contribution in [0, 0.1) is 11.3 Å². The summed E-state index contributed by atoms with van der Waals surface area (Å²) in [6, 6.07) is 41.2. The Morgan fingerprint density at radius 3 is 0.970 bits per heavy atom. The average Bonchev–Trinajstić information content (AvgIpc) is 2.90. The molecule has 0 saturated carbocycles. The summed E-state index contributed by atoms with van der Waals surface area (Å²) in [7, 11) is 0. The van der Waals surface area contributed by atoms with Crippen molar-refractivity contribution in [2.75, 3.05) is 0 Å². The third kappa shape index (κ3) is 3.67. The molecule has 5 aromatic rings. The average molecular weight is 423 g/mol. The topological polar surface area (TPSA) is 43.7 Å². The van der Waals surface area contributed by atoms with Crippen LogP contribution in [0.3, 0.4) is 0 Å². The molecule has 5 rings (SSSR count). The number of nitriles is 1. The standard InChI is InChI=1S/C31H20NO/c32-21-26-27(22-13-5-1-6-14-22)29(24-17-9-3-10-18-24)31(33)30(25-19-11-4-12-20-25)28(26)23-15-7-2-8-16-23/h1-20H. The molecule has 0 unspecified atom stereocenters. The van der Waals surface area contributed by atoms with Crippen LogP contribution in [0.1, 0.15) is 5.56 Å². The Morgan fingerprint density at radius 1 is 0.424 bits per heavy atom. The molecule has 5 aromatic carbocycles. The van der Waals surface area contributed by atoms with Crippen molar-refractivity contribution in [1.82, 2.24) is 0 Å². The van der Waals surface area contributed by atoms with Gasteiger partial charge in [-0.2, -0.15) is 5.26 Å². The van der Waals surface area contributed by atoms with E-state index in [1.165, 1.54) is 0 Å². The fourth-order valence-corrected chi connectivity index (χ4v) is 4.39. The van der Waals surface area contributed by atoms with Crippen molar-refractivity contribution in [3.63, 3.8) is 0 Å². The third-order valence-electron chi connectivity index (χ3n) is 5.82. The summed E-state index contributed by atoms with van der Waals surface area (Å²) in [4.78, 5) is 0. The second-order valence-corrected chi connectivity index (χ2v) is 7.78. The molecule has 0 aromatic heterocycles. The van der Waals surface area contributed by atoms with E-state index in [2.05, 4.69) is 6.07 Å². The quantitative estimate of drug-likeness (QED) is 0.287. The van der Waals surface area contributed by atoms with Gasteiger partial charge >= 0.3 is 0 Å². The summed E-state index contributed by atoms with van der Waals surface area (Å²) in [5.74, 6) is -0.0795. The molecule has 33 heavy (non-hydrogen) atoms. The maximum Gasteiger partial charge on any atom is 0.195 e. The van der Waals surface area contributed by atoms with Crippen LogP contribution in [-0.4, -0.2) is 0 Å². The smallest absolute Gasteiger partial charge is 0.195 e. The Morgan fingerprint density at radius 2 is 0.697 bits per heavy atom. The molecule has 0 aliphatic carbocycles. The highest BCUT2D eigenvalue weighted by Crippen LogP contribution is 2.52. The van der Waals surface area contributed by atoms with Crippen LogP contribution in [0.25, 0.3) is 44.5 Å². The normalized spacial score (nSPS) is 10.5. The lowest BCUT2D eigenvalue weighted by Crippen LogP contribution is -1.98. The monoisotopic (exact) mass is 422 g/mol. The van der Waals surface area contributed by atoms with Gasteiger partial charge in [0.05, 0.1) is 5.56 Å². The van der Waals surface area contributed by atoms with Crippen LogP contribution in [-0.2, 0) is 5.11 Å². The highest BCUT2D eigenvalue weighted by molar-refractivity contribution is 6.04. The molecule has 0 N–H and O–H groups in total. The van der Waals surface area contributed by atoms with Gasteiger partial charge in [0.15, 0.2) is 5.75 Å². The van der Waals surface area contributed by atoms with Crippen LogP contribution in [0.2, 0.25) is 0 Å². The molecule has 1 radical (unpaired) electrons. The zero-order chi connectivity index (χ0) is 22.6. The van der Waals surface area contributed by atoms with Crippen molar-refractivity contribution in [3.05, 3.63) is 127 Å². The van der Waals surface area contributed by atoms with E-state index in [9.17, 15) is 10.4 Å². The first kappa shape index (κ1) is 20.3. The number of benzene rings is 5. The molecule has 0 aliphatic rings. The highest BCUT2D eigenvalue weighted by Gasteiger charge is 2.28. The van der Waals surface area contributed by atoms with Gasteiger partial charge in [-0.1, -0.05) is 121 Å². The van der Waals surface area contributed by atoms with Gasteiger partial charge in [0.25, 0.3) is 0 Å². The summed E-state index contributed by atoms with van der Waals surface area (Å²) in [6.45, 7) is 0. The first-order chi connectivity index (χ1) is 16.3. The molecule has 0 atom stereocenters. The Kier molecular flexibility index (Phi) is 5.45. The van der Waals surface area contributed by atoms with E-state index in [4.69, 9.17) is 0 Å². The lowest BCUT2D eigenvalue weighted by atomic mass is 9.80. The summed E-state index contributed by atoms with van der Waals surface area (Å²) in [6.07, 6.45) is 0. The molecule has 155 valence electrons. The van der Waals surface area contributed by atoms with Gasteiger partial charge in [-0.05, 0) is 22.3 Å². The van der Waals surface area contributed by atoms with Crippen LogP contribution in [0.4, 0.5) is 0 Å². The zero-order valence-corrected chi connectivity index (χ0v) is 17.9. The lowest BCUT2D eigenvalue weighted by molar-refractivity contribution is 0.359. The molecule has 0 fully saturated rings. The Labute approximate surface area is 193 Å². The molecule has 0 amide bonds. The maximum atomic E-state index is 14.3. The van der Waals surface area contributed by atoms with Gasteiger partial charge in [0.1, 0.15) is 6.07 Å². The van der Waals surface area contributed by atoms with Gasteiger partial charge in [0, 0.05) is 22.3 Å². The van der Waals surface area contributed by atoms with Crippen molar-refractivity contribution in [2.45, 2.75) is 0 Å². The highest BCUT2D eigenvalue weighted by atomic mass is 16.3. The van der Waals surface area contributed by atoms with Gasteiger partial charge in [0.2, 0.25) is 0 Å². The van der Waals surface area contributed by atoms with E-state index in [1.807, 2.05) is 121 Å².